The van der Waals surface area contributed by atoms with Crippen molar-refractivity contribution in [3.8, 4) is 0 Å². The third kappa shape index (κ3) is 4.35. The molecule has 0 saturated carbocycles. The van der Waals surface area contributed by atoms with Crippen molar-refractivity contribution >= 4 is 5.69 Å². The highest BCUT2D eigenvalue weighted by atomic mass is 19.1. The SMILES string of the molecule is CCCCCC(CN)N(C)c1cccc(F)c1. The number of hydrogen-bond donors (Lipinski definition) is 1. The van der Waals surface area contributed by atoms with Gasteiger partial charge in [0.15, 0.2) is 0 Å². The molecule has 1 unspecified atom stereocenters. The summed E-state index contributed by atoms with van der Waals surface area (Å²) in [5.74, 6) is -0.196. The van der Waals surface area contributed by atoms with Gasteiger partial charge in [-0.05, 0) is 24.6 Å². The summed E-state index contributed by atoms with van der Waals surface area (Å²) in [5.41, 5.74) is 6.70. The van der Waals surface area contributed by atoms with Crippen LogP contribution in [-0.4, -0.2) is 19.6 Å². The quantitative estimate of drug-likeness (QED) is 0.739. The Bertz CT molecular complexity index is 328. The summed E-state index contributed by atoms with van der Waals surface area (Å²) >= 11 is 0. The smallest absolute Gasteiger partial charge is 0.125 e. The summed E-state index contributed by atoms with van der Waals surface area (Å²) in [4.78, 5) is 2.08. The first-order valence-corrected chi connectivity index (χ1v) is 6.37. The molecule has 3 heteroatoms. The molecule has 0 fully saturated rings. The van der Waals surface area contributed by atoms with Crippen molar-refractivity contribution in [2.24, 2.45) is 5.73 Å². The van der Waals surface area contributed by atoms with Gasteiger partial charge >= 0.3 is 0 Å². The van der Waals surface area contributed by atoms with Crippen molar-refractivity contribution in [3.05, 3.63) is 30.1 Å². The van der Waals surface area contributed by atoms with Gasteiger partial charge in [-0.15, -0.1) is 0 Å². The number of anilines is 1. The van der Waals surface area contributed by atoms with Gasteiger partial charge in [-0.2, -0.15) is 0 Å². The summed E-state index contributed by atoms with van der Waals surface area (Å²) in [5, 5.41) is 0. The zero-order chi connectivity index (χ0) is 12.7. The van der Waals surface area contributed by atoms with Crippen molar-refractivity contribution in [1.82, 2.24) is 0 Å². The molecule has 0 radical (unpaired) electrons. The van der Waals surface area contributed by atoms with Gasteiger partial charge in [-0.3, -0.25) is 0 Å². The molecular formula is C14H23FN2. The van der Waals surface area contributed by atoms with E-state index in [1.165, 1.54) is 25.3 Å². The van der Waals surface area contributed by atoms with Gasteiger partial charge in [0.1, 0.15) is 5.82 Å². The second-order valence-corrected chi connectivity index (χ2v) is 4.48. The Labute approximate surface area is 104 Å². The predicted molar refractivity (Wildman–Crippen MR) is 71.8 cm³/mol. The molecule has 2 nitrogen and oxygen atoms in total. The van der Waals surface area contributed by atoms with Gasteiger partial charge < -0.3 is 10.6 Å². The number of unbranched alkanes of at least 4 members (excludes halogenated alkanes) is 2. The molecule has 0 heterocycles. The first-order chi connectivity index (χ1) is 8.19. The molecule has 1 rings (SSSR count). The average molecular weight is 238 g/mol. The van der Waals surface area contributed by atoms with Gasteiger partial charge in [0, 0.05) is 25.3 Å². The number of rotatable bonds is 7. The minimum absolute atomic E-state index is 0.196. The summed E-state index contributed by atoms with van der Waals surface area (Å²) in [6.45, 7) is 2.80. The highest BCUT2D eigenvalue weighted by Gasteiger charge is 2.13. The fourth-order valence-electron chi connectivity index (χ4n) is 2.01. The Morgan fingerprint density at radius 3 is 2.71 bits per heavy atom. The maximum Gasteiger partial charge on any atom is 0.125 e. The molecule has 0 aliphatic heterocycles. The Balaban J connectivity index is 2.61. The lowest BCUT2D eigenvalue weighted by molar-refractivity contribution is 0.542. The topological polar surface area (TPSA) is 29.3 Å². The second kappa shape index (κ2) is 7.28. The zero-order valence-corrected chi connectivity index (χ0v) is 10.8. The van der Waals surface area contributed by atoms with Gasteiger partial charge in [0.2, 0.25) is 0 Å². The maximum atomic E-state index is 13.1. The molecule has 0 aliphatic carbocycles. The van der Waals surface area contributed by atoms with E-state index >= 15 is 0 Å². The Morgan fingerprint density at radius 2 is 2.12 bits per heavy atom. The second-order valence-electron chi connectivity index (χ2n) is 4.48. The van der Waals surface area contributed by atoms with Crippen molar-refractivity contribution in [2.75, 3.05) is 18.5 Å². The van der Waals surface area contributed by atoms with E-state index in [0.717, 1.165) is 12.1 Å². The number of benzene rings is 1. The van der Waals surface area contributed by atoms with Crippen LogP contribution < -0.4 is 10.6 Å². The van der Waals surface area contributed by atoms with E-state index < -0.39 is 0 Å². The van der Waals surface area contributed by atoms with E-state index in [0.29, 0.717) is 12.6 Å². The molecule has 0 aromatic heterocycles. The highest BCUT2D eigenvalue weighted by molar-refractivity contribution is 5.46. The lowest BCUT2D eigenvalue weighted by Gasteiger charge is -2.29. The fraction of sp³-hybridized carbons (Fsp3) is 0.571. The number of nitrogens with zero attached hydrogens (tertiary/aromatic N) is 1. The van der Waals surface area contributed by atoms with Crippen molar-refractivity contribution in [2.45, 2.75) is 38.6 Å². The van der Waals surface area contributed by atoms with E-state index in [1.54, 1.807) is 12.1 Å². The molecule has 1 atom stereocenters. The molecule has 17 heavy (non-hydrogen) atoms. The molecule has 1 aromatic carbocycles. The lowest BCUT2D eigenvalue weighted by atomic mass is 10.1. The molecule has 1 aromatic rings. The molecular weight excluding hydrogens is 215 g/mol. The minimum atomic E-state index is -0.196. The van der Waals surface area contributed by atoms with Crippen LogP contribution >= 0.6 is 0 Å². The van der Waals surface area contributed by atoms with Crippen LogP contribution in [0.2, 0.25) is 0 Å². The average Bonchev–Trinajstić information content (AvgIpc) is 2.34. The van der Waals surface area contributed by atoms with Gasteiger partial charge in [-0.1, -0.05) is 32.3 Å². The van der Waals surface area contributed by atoms with Crippen molar-refractivity contribution in [1.29, 1.82) is 0 Å². The van der Waals surface area contributed by atoms with E-state index in [4.69, 9.17) is 5.73 Å². The van der Waals surface area contributed by atoms with Crippen LogP contribution in [0.15, 0.2) is 24.3 Å². The first-order valence-electron chi connectivity index (χ1n) is 6.37. The largest absolute Gasteiger partial charge is 0.370 e. The van der Waals surface area contributed by atoms with E-state index in [9.17, 15) is 4.39 Å². The molecule has 2 N–H and O–H groups in total. The number of nitrogens with two attached hydrogens (primary N) is 1. The third-order valence-corrected chi connectivity index (χ3v) is 3.18. The number of hydrogen-bond acceptors (Lipinski definition) is 2. The first kappa shape index (κ1) is 14.0. The van der Waals surface area contributed by atoms with E-state index in [1.807, 2.05) is 13.1 Å². The Kier molecular flexibility index (Phi) is 5.98. The van der Waals surface area contributed by atoms with Crippen LogP contribution in [0.3, 0.4) is 0 Å². The fourth-order valence-corrected chi connectivity index (χ4v) is 2.01. The zero-order valence-electron chi connectivity index (χ0n) is 10.8. The van der Waals surface area contributed by atoms with E-state index in [2.05, 4.69) is 11.8 Å². The Morgan fingerprint density at radius 1 is 1.35 bits per heavy atom. The van der Waals surface area contributed by atoms with E-state index in [-0.39, 0.29) is 5.82 Å². The summed E-state index contributed by atoms with van der Waals surface area (Å²) in [6, 6.07) is 6.98. The van der Waals surface area contributed by atoms with Gasteiger partial charge in [0.05, 0.1) is 0 Å². The van der Waals surface area contributed by atoms with Gasteiger partial charge in [0.25, 0.3) is 0 Å². The summed E-state index contributed by atoms with van der Waals surface area (Å²) < 4.78 is 13.1. The van der Waals surface area contributed by atoms with Crippen LogP contribution in [0.25, 0.3) is 0 Å². The van der Waals surface area contributed by atoms with Crippen LogP contribution in [0.1, 0.15) is 32.6 Å². The summed E-state index contributed by atoms with van der Waals surface area (Å²) in [6.07, 6.45) is 4.68. The molecule has 0 spiro atoms. The summed E-state index contributed by atoms with van der Waals surface area (Å²) in [7, 11) is 1.98. The molecule has 0 saturated heterocycles. The van der Waals surface area contributed by atoms with Crippen LogP contribution in [0, 0.1) is 5.82 Å². The normalized spacial score (nSPS) is 12.5. The molecule has 96 valence electrons. The molecule has 0 amide bonds. The monoisotopic (exact) mass is 238 g/mol. The Hall–Kier alpha value is -1.09. The third-order valence-electron chi connectivity index (χ3n) is 3.18. The predicted octanol–water partition coefficient (Wildman–Crippen LogP) is 3.17. The molecule has 0 bridgehead atoms. The highest BCUT2D eigenvalue weighted by Crippen LogP contribution is 2.18. The maximum absolute atomic E-state index is 13.1. The number of halogens is 1. The van der Waals surface area contributed by atoms with Crippen molar-refractivity contribution in [3.63, 3.8) is 0 Å². The standard InChI is InChI=1S/C14H23FN2/c1-3-4-5-8-14(11-16)17(2)13-9-6-7-12(15)10-13/h6-7,9-10,14H,3-5,8,11,16H2,1-2H3. The lowest BCUT2D eigenvalue weighted by Crippen LogP contribution is -2.37. The van der Waals surface area contributed by atoms with Crippen molar-refractivity contribution < 1.29 is 4.39 Å². The molecule has 0 aliphatic rings. The van der Waals surface area contributed by atoms with Gasteiger partial charge in [-0.25, -0.2) is 4.39 Å². The van der Waals surface area contributed by atoms with Crippen LogP contribution in [-0.2, 0) is 0 Å². The number of likely N-dealkylation sites (N-methyl/N-ethyl adjacent to an activating group) is 1. The van der Waals surface area contributed by atoms with Crippen LogP contribution in [0.5, 0.6) is 0 Å². The minimum Gasteiger partial charge on any atom is -0.370 e. The van der Waals surface area contributed by atoms with Crippen LogP contribution in [0.4, 0.5) is 10.1 Å².